The molecule has 3 heteroatoms. The van der Waals surface area contributed by atoms with Gasteiger partial charge in [-0.1, -0.05) is 13.8 Å². The van der Waals surface area contributed by atoms with E-state index in [1.54, 1.807) is 6.92 Å². The maximum absolute atomic E-state index is 10.6. The van der Waals surface area contributed by atoms with Gasteiger partial charge >= 0.3 is 0 Å². The number of hydrogen-bond acceptors (Lipinski definition) is 3. The summed E-state index contributed by atoms with van der Waals surface area (Å²) in [5.41, 5.74) is 0. The minimum atomic E-state index is 0.266. The van der Waals surface area contributed by atoms with Gasteiger partial charge in [0.1, 0.15) is 5.78 Å². The summed E-state index contributed by atoms with van der Waals surface area (Å²) in [6.45, 7) is 10.3. The number of carbonyl (C=O) groups excluding carboxylic acids is 1. The van der Waals surface area contributed by atoms with E-state index in [2.05, 4.69) is 10.2 Å². The molecule has 0 aromatic carbocycles. The van der Waals surface area contributed by atoms with Gasteiger partial charge in [0.25, 0.3) is 0 Å². The van der Waals surface area contributed by atoms with Crippen LogP contribution in [0.1, 0.15) is 20.8 Å². The van der Waals surface area contributed by atoms with Crippen molar-refractivity contribution in [2.45, 2.75) is 20.8 Å². The van der Waals surface area contributed by atoms with Crippen molar-refractivity contribution in [3.05, 3.63) is 0 Å². The van der Waals surface area contributed by atoms with Gasteiger partial charge in [-0.3, -0.25) is 9.69 Å². The quantitative estimate of drug-likeness (QED) is 0.658. The maximum atomic E-state index is 10.6. The number of piperazine rings is 1. The molecule has 1 fully saturated rings. The van der Waals surface area contributed by atoms with Crippen LogP contribution in [0, 0.1) is 0 Å². The van der Waals surface area contributed by atoms with Crippen LogP contribution in [0.4, 0.5) is 0 Å². The van der Waals surface area contributed by atoms with Crippen LogP contribution >= 0.6 is 0 Å². The lowest BCUT2D eigenvalue weighted by atomic mass is 10.3. The molecule has 0 unspecified atom stereocenters. The minimum absolute atomic E-state index is 0.266. The summed E-state index contributed by atoms with van der Waals surface area (Å²) in [5.74, 6) is 0.266. The largest absolute Gasteiger partial charge is 0.314 e. The Morgan fingerprint density at radius 2 is 1.83 bits per heavy atom. The molecule has 0 amide bonds. The van der Waals surface area contributed by atoms with Gasteiger partial charge in [0, 0.05) is 26.2 Å². The molecule has 1 rings (SSSR count). The highest BCUT2D eigenvalue weighted by Gasteiger charge is 2.09. The highest BCUT2D eigenvalue weighted by molar-refractivity contribution is 5.77. The van der Waals surface area contributed by atoms with Crippen molar-refractivity contribution in [3.8, 4) is 0 Å². The molecule has 1 aliphatic heterocycles. The van der Waals surface area contributed by atoms with E-state index in [0.717, 1.165) is 26.2 Å². The zero-order chi connectivity index (χ0) is 9.40. The van der Waals surface area contributed by atoms with Gasteiger partial charge in [-0.15, -0.1) is 0 Å². The third kappa shape index (κ3) is 5.27. The fourth-order valence-electron chi connectivity index (χ4n) is 1.18. The van der Waals surface area contributed by atoms with Crippen LogP contribution in [-0.2, 0) is 4.79 Å². The third-order valence-corrected chi connectivity index (χ3v) is 1.66. The molecule has 0 atom stereocenters. The Hall–Kier alpha value is -0.410. The molecular weight excluding hydrogens is 152 g/mol. The summed E-state index contributed by atoms with van der Waals surface area (Å²) < 4.78 is 0. The second-order valence-electron chi connectivity index (χ2n) is 2.73. The van der Waals surface area contributed by atoms with Crippen LogP contribution in [0.3, 0.4) is 0 Å². The van der Waals surface area contributed by atoms with E-state index >= 15 is 0 Å². The number of hydrogen-bond donors (Lipinski definition) is 1. The predicted octanol–water partition coefficient (Wildman–Crippen LogP) is 0.507. The molecule has 0 aromatic heterocycles. The molecule has 0 saturated carbocycles. The van der Waals surface area contributed by atoms with E-state index in [9.17, 15) is 4.79 Å². The van der Waals surface area contributed by atoms with Crippen molar-refractivity contribution >= 4 is 5.78 Å². The molecule has 3 nitrogen and oxygen atoms in total. The van der Waals surface area contributed by atoms with Gasteiger partial charge < -0.3 is 5.32 Å². The zero-order valence-electron chi connectivity index (χ0n) is 8.39. The molecule has 1 heterocycles. The normalized spacial score (nSPS) is 17.9. The van der Waals surface area contributed by atoms with Crippen molar-refractivity contribution in [3.63, 3.8) is 0 Å². The van der Waals surface area contributed by atoms with E-state index in [0.29, 0.717) is 6.54 Å². The van der Waals surface area contributed by atoms with Crippen LogP contribution in [0.25, 0.3) is 0 Å². The van der Waals surface area contributed by atoms with E-state index in [4.69, 9.17) is 0 Å². The number of carbonyl (C=O) groups is 1. The topological polar surface area (TPSA) is 32.3 Å². The molecule has 0 spiro atoms. The van der Waals surface area contributed by atoms with E-state index in [1.165, 1.54) is 0 Å². The lowest BCUT2D eigenvalue weighted by molar-refractivity contribution is -0.118. The molecule has 0 aromatic rings. The van der Waals surface area contributed by atoms with E-state index in [1.807, 2.05) is 13.8 Å². The summed E-state index contributed by atoms with van der Waals surface area (Å²) >= 11 is 0. The van der Waals surface area contributed by atoms with Crippen LogP contribution in [-0.4, -0.2) is 43.4 Å². The molecule has 0 bridgehead atoms. The Morgan fingerprint density at radius 1 is 1.33 bits per heavy atom. The van der Waals surface area contributed by atoms with Crippen molar-refractivity contribution < 1.29 is 4.79 Å². The zero-order valence-corrected chi connectivity index (χ0v) is 8.39. The van der Waals surface area contributed by atoms with Gasteiger partial charge in [-0.2, -0.15) is 0 Å². The number of ketones is 1. The molecule has 0 radical (unpaired) electrons. The number of nitrogens with zero attached hydrogens (tertiary/aromatic N) is 1. The van der Waals surface area contributed by atoms with Gasteiger partial charge in [0.05, 0.1) is 6.54 Å². The standard InChI is InChI=1S/C7H14N2O.C2H6/c1-7(10)6-9-4-2-8-3-5-9;1-2/h8H,2-6H2,1H3;1-2H3. The molecule has 1 aliphatic rings. The Kier molecular flexibility index (Phi) is 7.00. The summed E-state index contributed by atoms with van der Waals surface area (Å²) in [6, 6.07) is 0. The van der Waals surface area contributed by atoms with Crippen LogP contribution in [0.2, 0.25) is 0 Å². The van der Waals surface area contributed by atoms with Crippen LogP contribution in [0.15, 0.2) is 0 Å². The highest BCUT2D eigenvalue weighted by atomic mass is 16.1. The fourth-order valence-corrected chi connectivity index (χ4v) is 1.18. The molecule has 1 saturated heterocycles. The molecular formula is C9H20N2O. The first kappa shape index (κ1) is 11.6. The SMILES string of the molecule is CC.CC(=O)CN1CCNCC1. The molecule has 0 aliphatic carbocycles. The lowest BCUT2D eigenvalue weighted by Gasteiger charge is -2.25. The first-order valence-corrected chi connectivity index (χ1v) is 4.71. The van der Waals surface area contributed by atoms with Crippen LogP contribution in [0.5, 0.6) is 0 Å². The number of Topliss-reactive ketones (excluding diaryl/α,β-unsaturated/α-hetero) is 1. The summed E-state index contributed by atoms with van der Waals surface area (Å²) in [6.07, 6.45) is 0. The van der Waals surface area contributed by atoms with E-state index < -0.39 is 0 Å². The maximum Gasteiger partial charge on any atom is 0.143 e. The predicted molar refractivity (Wildman–Crippen MR) is 51.3 cm³/mol. The van der Waals surface area contributed by atoms with Crippen LogP contribution < -0.4 is 5.32 Å². The molecule has 1 N–H and O–H groups in total. The Bertz CT molecular complexity index is 120. The molecule has 72 valence electrons. The number of nitrogens with one attached hydrogen (secondary N) is 1. The molecule has 12 heavy (non-hydrogen) atoms. The Labute approximate surface area is 75.1 Å². The van der Waals surface area contributed by atoms with Gasteiger partial charge in [-0.25, -0.2) is 0 Å². The summed E-state index contributed by atoms with van der Waals surface area (Å²) in [5, 5.41) is 3.23. The third-order valence-electron chi connectivity index (χ3n) is 1.66. The van der Waals surface area contributed by atoms with Crippen molar-refractivity contribution in [1.82, 2.24) is 10.2 Å². The second kappa shape index (κ2) is 7.25. The van der Waals surface area contributed by atoms with Crippen molar-refractivity contribution in [2.24, 2.45) is 0 Å². The Balaban J connectivity index is 0.000000561. The van der Waals surface area contributed by atoms with Crippen molar-refractivity contribution in [2.75, 3.05) is 32.7 Å². The first-order valence-electron chi connectivity index (χ1n) is 4.71. The average Bonchev–Trinajstić information content (AvgIpc) is 2.08. The minimum Gasteiger partial charge on any atom is -0.314 e. The Morgan fingerprint density at radius 3 is 2.25 bits per heavy atom. The first-order chi connectivity index (χ1) is 5.79. The lowest BCUT2D eigenvalue weighted by Crippen LogP contribution is -2.45. The smallest absolute Gasteiger partial charge is 0.143 e. The highest BCUT2D eigenvalue weighted by Crippen LogP contribution is 1.90. The summed E-state index contributed by atoms with van der Waals surface area (Å²) in [7, 11) is 0. The van der Waals surface area contributed by atoms with Gasteiger partial charge in [0.2, 0.25) is 0 Å². The number of rotatable bonds is 2. The van der Waals surface area contributed by atoms with Gasteiger partial charge in [-0.05, 0) is 6.92 Å². The van der Waals surface area contributed by atoms with E-state index in [-0.39, 0.29) is 5.78 Å². The summed E-state index contributed by atoms with van der Waals surface area (Å²) in [4.78, 5) is 12.8. The average molecular weight is 172 g/mol. The van der Waals surface area contributed by atoms with Gasteiger partial charge in [0.15, 0.2) is 0 Å². The van der Waals surface area contributed by atoms with Crippen molar-refractivity contribution in [1.29, 1.82) is 0 Å². The second-order valence-corrected chi connectivity index (χ2v) is 2.73. The fraction of sp³-hybridized carbons (Fsp3) is 0.889. The monoisotopic (exact) mass is 172 g/mol.